The maximum absolute atomic E-state index is 12.8. The molecule has 100 valence electrons. The lowest BCUT2D eigenvalue weighted by Crippen LogP contribution is -2.18. The molecule has 0 saturated carbocycles. The third-order valence-electron chi connectivity index (χ3n) is 2.79. The number of rotatable bonds is 4. The molecule has 2 aromatic rings. The molecule has 19 heavy (non-hydrogen) atoms. The second-order valence-electron chi connectivity index (χ2n) is 4.50. The van der Waals surface area contributed by atoms with Gasteiger partial charge in [0.05, 0.1) is 5.02 Å². The predicted molar refractivity (Wildman–Crippen MR) is 82.3 cm³/mol. The van der Waals surface area contributed by atoms with Crippen molar-refractivity contribution >= 4 is 33.2 Å². The molecule has 2 rings (SSSR count). The molecule has 0 saturated heterocycles. The molecule has 0 fully saturated rings. The molecular formula is C15H14BrClFN. The highest BCUT2D eigenvalue weighted by atomic mass is 79.9. The smallest absolute Gasteiger partial charge is 0.123 e. The van der Waals surface area contributed by atoms with E-state index in [1.807, 2.05) is 30.3 Å². The van der Waals surface area contributed by atoms with E-state index in [1.54, 1.807) is 0 Å². The van der Waals surface area contributed by atoms with Gasteiger partial charge in [0.15, 0.2) is 0 Å². The summed E-state index contributed by atoms with van der Waals surface area (Å²) in [5.41, 5.74) is 2.08. The molecule has 0 aliphatic rings. The summed E-state index contributed by atoms with van der Waals surface area (Å²) < 4.78 is 13.7. The van der Waals surface area contributed by atoms with Crippen molar-refractivity contribution < 1.29 is 4.39 Å². The molecule has 2 aromatic carbocycles. The summed E-state index contributed by atoms with van der Waals surface area (Å²) >= 11 is 9.41. The van der Waals surface area contributed by atoms with Crippen LogP contribution in [0.3, 0.4) is 0 Å². The Kier molecular flexibility index (Phi) is 4.83. The Bertz CT molecular complexity index is 557. The number of nitrogens with one attached hydrogen (secondary N) is 1. The largest absolute Gasteiger partial charge is 0.382 e. The lowest BCUT2D eigenvalue weighted by molar-refractivity contribution is 0.626. The highest BCUT2D eigenvalue weighted by Gasteiger charge is 2.05. The third-order valence-corrected chi connectivity index (χ3v) is 4.02. The Morgan fingerprint density at radius 1 is 1.21 bits per heavy atom. The van der Waals surface area contributed by atoms with E-state index < -0.39 is 0 Å². The van der Waals surface area contributed by atoms with E-state index >= 15 is 0 Å². The SMILES string of the molecule is CC(Cc1ccc(F)cc1)Nc1ccc(Br)c(Cl)c1. The van der Waals surface area contributed by atoms with Crippen molar-refractivity contribution in [3.63, 3.8) is 0 Å². The van der Waals surface area contributed by atoms with Gasteiger partial charge in [-0.15, -0.1) is 0 Å². The van der Waals surface area contributed by atoms with Gasteiger partial charge in [0, 0.05) is 16.2 Å². The third kappa shape index (κ3) is 4.22. The van der Waals surface area contributed by atoms with Crippen LogP contribution in [0.2, 0.25) is 5.02 Å². The summed E-state index contributed by atoms with van der Waals surface area (Å²) in [4.78, 5) is 0. The molecule has 1 unspecified atom stereocenters. The zero-order valence-electron chi connectivity index (χ0n) is 10.5. The fraction of sp³-hybridized carbons (Fsp3) is 0.200. The molecule has 0 radical (unpaired) electrons. The van der Waals surface area contributed by atoms with Gasteiger partial charge in [-0.3, -0.25) is 0 Å². The normalized spacial score (nSPS) is 12.2. The number of hydrogen-bond donors (Lipinski definition) is 1. The standard InChI is InChI=1S/C15H14BrClFN/c1-10(8-11-2-4-12(18)5-3-11)19-13-6-7-14(16)15(17)9-13/h2-7,9-10,19H,8H2,1H3. The van der Waals surface area contributed by atoms with Crippen molar-refractivity contribution in [2.24, 2.45) is 0 Å². The monoisotopic (exact) mass is 341 g/mol. The Morgan fingerprint density at radius 2 is 1.89 bits per heavy atom. The summed E-state index contributed by atoms with van der Waals surface area (Å²) in [6.07, 6.45) is 0.827. The summed E-state index contributed by atoms with van der Waals surface area (Å²) in [5.74, 6) is -0.205. The molecule has 0 aliphatic carbocycles. The van der Waals surface area contributed by atoms with Gasteiger partial charge in [0.2, 0.25) is 0 Å². The van der Waals surface area contributed by atoms with E-state index in [2.05, 4.69) is 28.2 Å². The second kappa shape index (κ2) is 6.40. The van der Waals surface area contributed by atoms with Gasteiger partial charge in [-0.2, -0.15) is 0 Å². The van der Waals surface area contributed by atoms with E-state index in [4.69, 9.17) is 11.6 Å². The van der Waals surface area contributed by atoms with Crippen molar-refractivity contribution in [3.8, 4) is 0 Å². The minimum Gasteiger partial charge on any atom is -0.382 e. The van der Waals surface area contributed by atoms with E-state index in [1.165, 1.54) is 12.1 Å². The molecular weight excluding hydrogens is 329 g/mol. The zero-order valence-corrected chi connectivity index (χ0v) is 12.8. The van der Waals surface area contributed by atoms with Gasteiger partial charge >= 0.3 is 0 Å². The summed E-state index contributed by atoms with van der Waals surface area (Å²) in [5, 5.41) is 4.05. The van der Waals surface area contributed by atoms with Crippen LogP contribution in [0.1, 0.15) is 12.5 Å². The van der Waals surface area contributed by atoms with Crippen LogP contribution in [0.4, 0.5) is 10.1 Å². The number of benzene rings is 2. The van der Waals surface area contributed by atoms with E-state index in [0.717, 1.165) is 22.1 Å². The Morgan fingerprint density at radius 3 is 2.53 bits per heavy atom. The lowest BCUT2D eigenvalue weighted by atomic mass is 10.1. The van der Waals surface area contributed by atoms with Gasteiger partial charge < -0.3 is 5.32 Å². The molecule has 0 heterocycles. The molecule has 0 bridgehead atoms. The fourth-order valence-electron chi connectivity index (χ4n) is 1.90. The van der Waals surface area contributed by atoms with Crippen molar-refractivity contribution in [3.05, 3.63) is 63.3 Å². The summed E-state index contributed by atoms with van der Waals surface area (Å²) in [7, 11) is 0. The first-order valence-corrected chi connectivity index (χ1v) is 7.18. The molecule has 0 aromatic heterocycles. The van der Waals surface area contributed by atoms with Crippen LogP contribution in [-0.4, -0.2) is 6.04 Å². The second-order valence-corrected chi connectivity index (χ2v) is 5.77. The number of hydrogen-bond acceptors (Lipinski definition) is 1. The van der Waals surface area contributed by atoms with Crippen molar-refractivity contribution in [1.82, 2.24) is 0 Å². The summed E-state index contributed by atoms with van der Waals surface area (Å²) in [6.45, 7) is 2.08. The van der Waals surface area contributed by atoms with Crippen molar-refractivity contribution in [1.29, 1.82) is 0 Å². The van der Waals surface area contributed by atoms with Crippen LogP contribution in [-0.2, 0) is 6.42 Å². The average Bonchev–Trinajstić information content (AvgIpc) is 2.37. The maximum Gasteiger partial charge on any atom is 0.123 e. The Balaban J connectivity index is 1.98. The average molecular weight is 343 g/mol. The van der Waals surface area contributed by atoms with Gasteiger partial charge in [-0.1, -0.05) is 23.7 Å². The number of halogens is 3. The Hall–Kier alpha value is -1.06. The maximum atomic E-state index is 12.8. The molecule has 1 N–H and O–H groups in total. The van der Waals surface area contributed by atoms with Gasteiger partial charge in [-0.05, 0) is 65.2 Å². The first kappa shape index (κ1) is 14.4. The van der Waals surface area contributed by atoms with Crippen LogP contribution in [0.5, 0.6) is 0 Å². The Labute approximate surface area is 125 Å². The van der Waals surface area contributed by atoms with Crippen molar-refractivity contribution in [2.75, 3.05) is 5.32 Å². The molecule has 1 nitrogen and oxygen atoms in total. The lowest BCUT2D eigenvalue weighted by Gasteiger charge is -2.16. The molecule has 4 heteroatoms. The van der Waals surface area contributed by atoms with Crippen LogP contribution in [0, 0.1) is 5.82 Å². The van der Waals surface area contributed by atoms with Crippen LogP contribution >= 0.6 is 27.5 Å². The van der Waals surface area contributed by atoms with E-state index in [9.17, 15) is 4.39 Å². The van der Waals surface area contributed by atoms with E-state index in [0.29, 0.717) is 5.02 Å². The quantitative estimate of drug-likeness (QED) is 0.796. The number of anilines is 1. The van der Waals surface area contributed by atoms with Gasteiger partial charge in [0.25, 0.3) is 0 Å². The molecule has 0 amide bonds. The predicted octanol–water partition coefficient (Wildman–Crippen LogP) is 5.28. The topological polar surface area (TPSA) is 12.0 Å². The highest BCUT2D eigenvalue weighted by Crippen LogP contribution is 2.26. The van der Waals surface area contributed by atoms with Gasteiger partial charge in [-0.25, -0.2) is 4.39 Å². The van der Waals surface area contributed by atoms with Crippen LogP contribution in [0.25, 0.3) is 0 Å². The fourth-order valence-corrected chi connectivity index (χ4v) is 2.32. The van der Waals surface area contributed by atoms with Gasteiger partial charge in [0.1, 0.15) is 5.82 Å². The molecule has 0 aliphatic heterocycles. The summed E-state index contributed by atoms with van der Waals surface area (Å²) in [6, 6.07) is 12.6. The first-order valence-electron chi connectivity index (χ1n) is 6.00. The molecule has 0 spiro atoms. The van der Waals surface area contributed by atoms with Crippen LogP contribution < -0.4 is 5.32 Å². The zero-order chi connectivity index (χ0) is 13.8. The minimum atomic E-state index is -0.205. The van der Waals surface area contributed by atoms with Crippen LogP contribution in [0.15, 0.2) is 46.9 Å². The van der Waals surface area contributed by atoms with E-state index in [-0.39, 0.29) is 11.9 Å². The minimum absolute atomic E-state index is 0.205. The molecule has 1 atom stereocenters. The van der Waals surface area contributed by atoms with Crippen molar-refractivity contribution in [2.45, 2.75) is 19.4 Å². The first-order chi connectivity index (χ1) is 9.04. The highest BCUT2D eigenvalue weighted by molar-refractivity contribution is 9.10.